The van der Waals surface area contributed by atoms with Crippen LogP contribution < -0.4 is 0 Å². The second-order valence-corrected chi connectivity index (χ2v) is 3.78. The topological polar surface area (TPSA) is 29.5 Å². The van der Waals surface area contributed by atoms with Crippen LogP contribution in [0.25, 0.3) is 0 Å². The van der Waals surface area contributed by atoms with Crippen molar-refractivity contribution < 1.29 is 9.84 Å². The average Bonchev–Trinajstić information content (AvgIpc) is 2.04. The molecule has 0 rings (SSSR count). The molecule has 0 radical (unpaired) electrons. The van der Waals surface area contributed by atoms with Crippen LogP contribution in [0.2, 0.25) is 0 Å². The van der Waals surface area contributed by atoms with Gasteiger partial charge in [0.25, 0.3) is 0 Å². The zero-order valence-electron chi connectivity index (χ0n) is 8.99. The van der Waals surface area contributed by atoms with Crippen LogP contribution in [0.15, 0.2) is 12.3 Å². The van der Waals surface area contributed by atoms with Crippen LogP contribution in [0.5, 0.6) is 0 Å². The Kier molecular flexibility index (Phi) is 7.80. The molecule has 78 valence electrons. The third kappa shape index (κ3) is 9.41. The van der Waals surface area contributed by atoms with Gasteiger partial charge in [0, 0.05) is 6.61 Å². The average molecular weight is 186 g/mol. The highest BCUT2D eigenvalue weighted by Gasteiger charge is 2.01. The Bertz CT molecular complexity index is 130. The van der Waals surface area contributed by atoms with Crippen LogP contribution in [0.1, 0.15) is 40.0 Å². The van der Waals surface area contributed by atoms with Gasteiger partial charge in [0.05, 0.1) is 12.4 Å². The van der Waals surface area contributed by atoms with Crippen LogP contribution in [0, 0.1) is 5.92 Å². The van der Waals surface area contributed by atoms with Crippen LogP contribution in [0.4, 0.5) is 0 Å². The molecule has 2 heteroatoms. The number of rotatable bonds is 7. The largest absolute Gasteiger partial charge is 0.516 e. The summed E-state index contributed by atoms with van der Waals surface area (Å²) in [6.45, 7) is 7.18. The van der Waals surface area contributed by atoms with E-state index in [4.69, 9.17) is 9.84 Å². The van der Waals surface area contributed by atoms with E-state index in [-0.39, 0.29) is 0 Å². The minimum atomic E-state index is 0.338. The van der Waals surface area contributed by atoms with Crippen molar-refractivity contribution in [2.24, 2.45) is 5.92 Å². The second kappa shape index (κ2) is 8.11. The molecule has 0 aromatic rings. The Morgan fingerprint density at radius 1 is 1.23 bits per heavy atom. The normalized spacial score (nSPS) is 14.2. The molecule has 0 bridgehead atoms. The van der Waals surface area contributed by atoms with Crippen molar-refractivity contribution >= 4 is 0 Å². The quantitative estimate of drug-likeness (QED) is 0.618. The first-order valence-electron chi connectivity index (χ1n) is 5.07. The van der Waals surface area contributed by atoms with E-state index in [0.717, 1.165) is 32.1 Å². The van der Waals surface area contributed by atoms with Crippen molar-refractivity contribution in [1.82, 2.24) is 0 Å². The van der Waals surface area contributed by atoms with Crippen molar-refractivity contribution in [2.75, 3.05) is 6.61 Å². The van der Waals surface area contributed by atoms with E-state index in [1.807, 2.05) is 0 Å². The maximum Gasteiger partial charge on any atom is 0.0751 e. The van der Waals surface area contributed by atoms with E-state index in [9.17, 15) is 0 Å². The maximum atomic E-state index is 8.42. The fraction of sp³-hybridized carbons (Fsp3) is 0.818. The summed E-state index contributed by atoms with van der Waals surface area (Å²) >= 11 is 0. The molecular formula is C11H22O2. The maximum absolute atomic E-state index is 8.42. The van der Waals surface area contributed by atoms with Crippen LogP contribution in [-0.2, 0) is 4.74 Å². The third-order valence-corrected chi connectivity index (χ3v) is 1.99. The monoisotopic (exact) mass is 186 g/mol. The molecule has 1 N–H and O–H groups in total. The molecular weight excluding hydrogens is 164 g/mol. The Labute approximate surface area is 81.6 Å². The first-order valence-corrected chi connectivity index (χ1v) is 5.07. The first-order chi connectivity index (χ1) is 6.16. The van der Waals surface area contributed by atoms with Crippen molar-refractivity contribution in [3.63, 3.8) is 0 Å². The molecule has 0 aliphatic carbocycles. The highest BCUT2D eigenvalue weighted by atomic mass is 16.5. The van der Waals surface area contributed by atoms with Gasteiger partial charge in [-0.25, -0.2) is 0 Å². The Balaban J connectivity index is 3.24. The Morgan fingerprint density at radius 3 is 2.46 bits per heavy atom. The summed E-state index contributed by atoms with van der Waals surface area (Å²) in [7, 11) is 0. The molecule has 2 nitrogen and oxygen atoms in total. The van der Waals surface area contributed by atoms with Crippen LogP contribution in [0.3, 0.4) is 0 Å². The number of ether oxygens (including phenoxy) is 1. The van der Waals surface area contributed by atoms with Gasteiger partial charge in [-0.15, -0.1) is 0 Å². The molecule has 0 heterocycles. The summed E-state index contributed by atoms with van der Waals surface area (Å²) in [4.78, 5) is 0. The molecule has 0 amide bonds. The standard InChI is InChI=1S/C11H22O2/c1-10(2)13-9-7-11(3)6-4-5-8-12/h5,8,10-12H,4,6-7,9H2,1-3H3/b8-5+. The molecule has 0 aromatic heterocycles. The minimum Gasteiger partial charge on any atom is -0.516 e. The molecule has 0 saturated heterocycles. The molecule has 0 aliphatic heterocycles. The summed E-state index contributed by atoms with van der Waals surface area (Å²) in [6, 6.07) is 0. The second-order valence-electron chi connectivity index (χ2n) is 3.78. The summed E-state index contributed by atoms with van der Waals surface area (Å²) in [5.74, 6) is 0.676. The van der Waals surface area contributed by atoms with E-state index in [1.165, 1.54) is 0 Å². The zero-order chi connectivity index (χ0) is 10.1. The van der Waals surface area contributed by atoms with E-state index >= 15 is 0 Å². The van der Waals surface area contributed by atoms with Gasteiger partial charge in [-0.05, 0) is 39.0 Å². The van der Waals surface area contributed by atoms with Gasteiger partial charge in [-0.3, -0.25) is 0 Å². The van der Waals surface area contributed by atoms with Crippen molar-refractivity contribution in [3.05, 3.63) is 12.3 Å². The van der Waals surface area contributed by atoms with Gasteiger partial charge in [0.1, 0.15) is 0 Å². The van der Waals surface area contributed by atoms with E-state index in [2.05, 4.69) is 20.8 Å². The van der Waals surface area contributed by atoms with Crippen molar-refractivity contribution in [3.8, 4) is 0 Å². The number of aliphatic hydroxyl groups is 1. The molecule has 0 fully saturated rings. The lowest BCUT2D eigenvalue weighted by Crippen LogP contribution is -2.07. The highest BCUT2D eigenvalue weighted by molar-refractivity contribution is 4.72. The molecule has 0 aromatic carbocycles. The number of hydrogen-bond acceptors (Lipinski definition) is 2. The smallest absolute Gasteiger partial charge is 0.0751 e. The lowest BCUT2D eigenvalue weighted by molar-refractivity contribution is 0.0691. The molecule has 0 spiro atoms. The van der Waals surface area contributed by atoms with Crippen molar-refractivity contribution in [1.29, 1.82) is 0 Å². The SMILES string of the molecule is CC(CC/C=C/O)CCOC(C)C. The first kappa shape index (κ1) is 12.5. The van der Waals surface area contributed by atoms with Gasteiger partial charge < -0.3 is 9.84 Å². The third-order valence-electron chi connectivity index (χ3n) is 1.99. The summed E-state index contributed by atoms with van der Waals surface area (Å²) < 4.78 is 5.45. The lowest BCUT2D eigenvalue weighted by atomic mass is 10.0. The number of hydrogen-bond donors (Lipinski definition) is 1. The Morgan fingerprint density at radius 2 is 1.92 bits per heavy atom. The summed E-state index contributed by atoms with van der Waals surface area (Å²) in [5.41, 5.74) is 0. The van der Waals surface area contributed by atoms with E-state index in [0.29, 0.717) is 12.0 Å². The van der Waals surface area contributed by atoms with Crippen LogP contribution >= 0.6 is 0 Å². The van der Waals surface area contributed by atoms with Gasteiger partial charge >= 0.3 is 0 Å². The summed E-state index contributed by atoms with van der Waals surface area (Å²) in [5, 5.41) is 8.42. The van der Waals surface area contributed by atoms with E-state index < -0.39 is 0 Å². The summed E-state index contributed by atoms with van der Waals surface area (Å²) in [6.07, 6.45) is 6.44. The van der Waals surface area contributed by atoms with Gasteiger partial charge in [-0.2, -0.15) is 0 Å². The van der Waals surface area contributed by atoms with Crippen molar-refractivity contribution in [2.45, 2.75) is 46.1 Å². The minimum absolute atomic E-state index is 0.338. The van der Waals surface area contributed by atoms with Gasteiger partial charge in [0.2, 0.25) is 0 Å². The van der Waals surface area contributed by atoms with Crippen LogP contribution in [-0.4, -0.2) is 17.8 Å². The highest BCUT2D eigenvalue weighted by Crippen LogP contribution is 2.10. The van der Waals surface area contributed by atoms with E-state index in [1.54, 1.807) is 6.08 Å². The van der Waals surface area contributed by atoms with Gasteiger partial charge in [0.15, 0.2) is 0 Å². The predicted octanol–water partition coefficient (Wildman–Crippen LogP) is 3.29. The number of allylic oxidation sites excluding steroid dienone is 1. The zero-order valence-corrected chi connectivity index (χ0v) is 8.99. The number of aliphatic hydroxyl groups excluding tert-OH is 1. The Hall–Kier alpha value is -0.500. The fourth-order valence-electron chi connectivity index (χ4n) is 1.10. The van der Waals surface area contributed by atoms with Gasteiger partial charge in [-0.1, -0.05) is 13.0 Å². The lowest BCUT2D eigenvalue weighted by Gasteiger charge is -2.11. The molecule has 0 aliphatic rings. The molecule has 0 saturated carbocycles. The molecule has 13 heavy (non-hydrogen) atoms. The molecule has 1 unspecified atom stereocenters. The molecule has 1 atom stereocenters. The predicted molar refractivity (Wildman–Crippen MR) is 55.9 cm³/mol. The fourth-order valence-corrected chi connectivity index (χ4v) is 1.10.